The standard InChI is InChI=1S/C6H8N2S/c1-4-2-5(8)6(3-7)9-4/h2-3,7H,8H2,1H3. The van der Waals surface area contributed by atoms with Gasteiger partial charge in [0, 0.05) is 11.1 Å². The van der Waals surface area contributed by atoms with Crippen molar-refractivity contribution in [2.24, 2.45) is 0 Å². The number of rotatable bonds is 1. The normalized spacial score (nSPS) is 9.44. The summed E-state index contributed by atoms with van der Waals surface area (Å²) in [6, 6.07) is 1.88. The van der Waals surface area contributed by atoms with E-state index in [9.17, 15) is 0 Å². The Kier molecular flexibility index (Phi) is 1.53. The quantitative estimate of drug-likeness (QED) is 0.572. The third-order valence-electron chi connectivity index (χ3n) is 1.05. The number of aryl methyl sites for hydroxylation is 1. The zero-order valence-electron chi connectivity index (χ0n) is 5.14. The molecule has 3 N–H and O–H groups in total. The highest BCUT2D eigenvalue weighted by atomic mass is 32.1. The minimum atomic E-state index is 0.715. The highest BCUT2D eigenvalue weighted by Crippen LogP contribution is 2.20. The number of nitrogens with one attached hydrogen (secondary N) is 1. The van der Waals surface area contributed by atoms with E-state index in [0.29, 0.717) is 5.69 Å². The number of nitrogen functional groups attached to an aromatic ring is 1. The Balaban J connectivity index is 3.15. The summed E-state index contributed by atoms with van der Waals surface area (Å²) in [6.45, 7) is 1.98. The molecule has 1 aromatic rings. The van der Waals surface area contributed by atoms with E-state index in [-0.39, 0.29) is 0 Å². The van der Waals surface area contributed by atoms with Crippen LogP contribution >= 0.6 is 11.3 Å². The van der Waals surface area contributed by atoms with Crippen molar-refractivity contribution in [1.29, 1.82) is 5.41 Å². The van der Waals surface area contributed by atoms with Gasteiger partial charge in [0.15, 0.2) is 0 Å². The summed E-state index contributed by atoms with van der Waals surface area (Å²) in [4.78, 5) is 2.01. The number of nitrogens with two attached hydrogens (primary N) is 1. The second-order valence-electron chi connectivity index (χ2n) is 1.82. The summed E-state index contributed by atoms with van der Waals surface area (Å²) in [7, 11) is 0. The van der Waals surface area contributed by atoms with Crippen LogP contribution in [0.4, 0.5) is 5.69 Å². The summed E-state index contributed by atoms with van der Waals surface area (Å²) >= 11 is 1.55. The average Bonchev–Trinajstić information content (AvgIpc) is 2.10. The van der Waals surface area contributed by atoms with Crippen molar-refractivity contribution in [3.8, 4) is 0 Å². The number of anilines is 1. The first-order valence-corrected chi connectivity index (χ1v) is 3.42. The van der Waals surface area contributed by atoms with Crippen molar-refractivity contribution >= 4 is 23.2 Å². The lowest BCUT2D eigenvalue weighted by Gasteiger charge is -1.82. The van der Waals surface area contributed by atoms with Gasteiger partial charge in [-0.05, 0) is 13.0 Å². The summed E-state index contributed by atoms with van der Waals surface area (Å²) in [5.41, 5.74) is 6.23. The molecule has 0 aromatic carbocycles. The molecule has 48 valence electrons. The summed E-state index contributed by atoms with van der Waals surface area (Å²) in [5.74, 6) is 0. The molecule has 0 aliphatic heterocycles. The molecule has 0 unspecified atom stereocenters. The summed E-state index contributed by atoms with van der Waals surface area (Å²) in [6.07, 6.45) is 1.28. The van der Waals surface area contributed by atoms with Gasteiger partial charge in [-0.15, -0.1) is 11.3 Å². The first kappa shape index (κ1) is 6.29. The first-order chi connectivity index (χ1) is 4.24. The molecule has 0 saturated carbocycles. The van der Waals surface area contributed by atoms with Crippen molar-refractivity contribution < 1.29 is 0 Å². The maximum absolute atomic E-state index is 6.90. The van der Waals surface area contributed by atoms with Crippen molar-refractivity contribution in [3.63, 3.8) is 0 Å². The van der Waals surface area contributed by atoms with E-state index in [2.05, 4.69) is 0 Å². The average molecular weight is 140 g/mol. The van der Waals surface area contributed by atoms with Crippen LogP contribution < -0.4 is 5.73 Å². The maximum atomic E-state index is 6.90. The highest BCUT2D eigenvalue weighted by Gasteiger charge is 1.97. The van der Waals surface area contributed by atoms with E-state index in [1.807, 2.05) is 13.0 Å². The third kappa shape index (κ3) is 1.10. The van der Waals surface area contributed by atoms with Gasteiger partial charge in [-0.3, -0.25) is 0 Å². The molecule has 0 fully saturated rings. The van der Waals surface area contributed by atoms with Crippen LogP contribution in [0.2, 0.25) is 0 Å². The topological polar surface area (TPSA) is 49.9 Å². The first-order valence-electron chi connectivity index (χ1n) is 2.60. The van der Waals surface area contributed by atoms with Gasteiger partial charge in [-0.2, -0.15) is 0 Å². The second kappa shape index (κ2) is 2.19. The molecule has 0 spiro atoms. The molecule has 0 amide bonds. The smallest absolute Gasteiger partial charge is 0.0678 e. The lowest BCUT2D eigenvalue weighted by atomic mass is 10.4. The van der Waals surface area contributed by atoms with Crippen LogP contribution in [0.25, 0.3) is 0 Å². The Bertz CT molecular complexity index is 227. The fourth-order valence-electron chi connectivity index (χ4n) is 0.665. The van der Waals surface area contributed by atoms with E-state index < -0.39 is 0 Å². The van der Waals surface area contributed by atoms with E-state index in [1.54, 1.807) is 11.3 Å². The van der Waals surface area contributed by atoms with Crippen LogP contribution in [0.3, 0.4) is 0 Å². The largest absolute Gasteiger partial charge is 0.398 e. The van der Waals surface area contributed by atoms with Crippen LogP contribution in [0.1, 0.15) is 9.75 Å². The van der Waals surface area contributed by atoms with E-state index >= 15 is 0 Å². The molecule has 1 aromatic heterocycles. The van der Waals surface area contributed by atoms with E-state index in [0.717, 1.165) is 9.75 Å². The highest BCUT2D eigenvalue weighted by molar-refractivity contribution is 7.14. The second-order valence-corrected chi connectivity index (χ2v) is 3.11. The molecule has 0 bridgehead atoms. The van der Waals surface area contributed by atoms with E-state index in [1.165, 1.54) is 6.21 Å². The minimum Gasteiger partial charge on any atom is -0.398 e. The Hall–Kier alpha value is -0.830. The van der Waals surface area contributed by atoms with Gasteiger partial charge in [0.2, 0.25) is 0 Å². The predicted octanol–water partition coefficient (Wildman–Crippen LogP) is 1.64. The third-order valence-corrected chi connectivity index (χ3v) is 2.06. The van der Waals surface area contributed by atoms with Gasteiger partial charge < -0.3 is 11.1 Å². The van der Waals surface area contributed by atoms with E-state index in [4.69, 9.17) is 11.1 Å². The van der Waals surface area contributed by atoms with Crippen LogP contribution in [0.15, 0.2) is 6.07 Å². The van der Waals surface area contributed by atoms with Crippen molar-refractivity contribution in [3.05, 3.63) is 15.8 Å². The van der Waals surface area contributed by atoms with Gasteiger partial charge in [-0.1, -0.05) is 0 Å². The zero-order chi connectivity index (χ0) is 6.85. The Morgan fingerprint density at radius 1 is 1.78 bits per heavy atom. The fraction of sp³-hybridized carbons (Fsp3) is 0.167. The van der Waals surface area contributed by atoms with Crippen molar-refractivity contribution in [2.45, 2.75) is 6.92 Å². The molecule has 0 aliphatic carbocycles. The molecule has 2 nitrogen and oxygen atoms in total. The monoisotopic (exact) mass is 140 g/mol. The van der Waals surface area contributed by atoms with Crippen LogP contribution in [-0.4, -0.2) is 6.21 Å². The fourth-order valence-corrected chi connectivity index (χ4v) is 1.43. The summed E-state index contributed by atoms with van der Waals surface area (Å²) < 4.78 is 0. The Morgan fingerprint density at radius 2 is 2.44 bits per heavy atom. The maximum Gasteiger partial charge on any atom is 0.0678 e. The summed E-state index contributed by atoms with van der Waals surface area (Å²) in [5, 5.41) is 6.90. The van der Waals surface area contributed by atoms with Gasteiger partial charge in [0.05, 0.1) is 10.6 Å². The molecule has 1 rings (SSSR count). The van der Waals surface area contributed by atoms with Crippen molar-refractivity contribution in [1.82, 2.24) is 0 Å². The Labute approximate surface area is 57.8 Å². The zero-order valence-corrected chi connectivity index (χ0v) is 5.96. The van der Waals surface area contributed by atoms with Gasteiger partial charge in [-0.25, -0.2) is 0 Å². The van der Waals surface area contributed by atoms with Crippen molar-refractivity contribution in [2.75, 3.05) is 5.73 Å². The molecule has 0 saturated heterocycles. The lowest BCUT2D eigenvalue weighted by Crippen LogP contribution is -1.84. The molecule has 3 heteroatoms. The Morgan fingerprint density at radius 3 is 2.67 bits per heavy atom. The SMILES string of the molecule is Cc1cc(N)c(C=N)s1. The number of thiophene rings is 1. The van der Waals surface area contributed by atoms with Crippen LogP contribution in [0.5, 0.6) is 0 Å². The molecule has 1 heterocycles. The molecule has 9 heavy (non-hydrogen) atoms. The molecule has 0 atom stereocenters. The van der Waals surface area contributed by atoms with Gasteiger partial charge >= 0.3 is 0 Å². The molecule has 0 radical (unpaired) electrons. The van der Waals surface area contributed by atoms with Gasteiger partial charge in [0.1, 0.15) is 0 Å². The number of hydrogen-bond donors (Lipinski definition) is 2. The van der Waals surface area contributed by atoms with Crippen LogP contribution in [0, 0.1) is 12.3 Å². The molecular weight excluding hydrogens is 132 g/mol. The van der Waals surface area contributed by atoms with Gasteiger partial charge in [0.25, 0.3) is 0 Å². The minimum absolute atomic E-state index is 0.715. The van der Waals surface area contributed by atoms with Crippen LogP contribution in [-0.2, 0) is 0 Å². The number of hydrogen-bond acceptors (Lipinski definition) is 3. The molecule has 0 aliphatic rings. The lowest BCUT2D eigenvalue weighted by molar-refractivity contribution is 1.57. The predicted molar refractivity (Wildman–Crippen MR) is 41.4 cm³/mol. The molecular formula is C6H8N2S.